The number of nitrogens with one attached hydrogen (secondary N) is 1. The van der Waals surface area contributed by atoms with E-state index in [9.17, 15) is 18.0 Å². The third-order valence-electron chi connectivity index (χ3n) is 2.89. The molecule has 2 heterocycles. The van der Waals surface area contributed by atoms with E-state index in [4.69, 9.17) is 0 Å². The maximum atomic E-state index is 12.3. The van der Waals surface area contributed by atoms with Gasteiger partial charge in [0, 0.05) is 17.7 Å². The highest BCUT2D eigenvalue weighted by molar-refractivity contribution is 5.93. The Hall–Kier alpha value is -2.45. The first-order valence-electron chi connectivity index (χ1n) is 6.11. The second kappa shape index (κ2) is 4.83. The molecule has 2 aromatic rings. The lowest BCUT2D eigenvalue weighted by molar-refractivity contribution is -0.159. The topological polar surface area (TPSA) is 80.9 Å². The number of rotatable bonds is 3. The highest BCUT2D eigenvalue weighted by Crippen LogP contribution is 2.31. The van der Waals surface area contributed by atoms with Gasteiger partial charge in [0.2, 0.25) is 11.7 Å². The minimum absolute atomic E-state index is 0.0398. The monoisotopic (exact) mass is 298 g/mol. The molecule has 1 aliphatic rings. The highest BCUT2D eigenvalue weighted by Gasteiger charge is 2.38. The van der Waals surface area contributed by atoms with Crippen molar-refractivity contribution < 1.29 is 22.5 Å². The molecule has 0 atom stereocenters. The Bertz CT molecular complexity index is 662. The third kappa shape index (κ3) is 3.01. The quantitative estimate of drug-likeness (QED) is 0.941. The van der Waals surface area contributed by atoms with E-state index in [1.165, 1.54) is 18.3 Å². The Balaban J connectivity index is 1.74. The number of halogens is 3. The predicted molar refractivity (Wildman–Crippen MR) is 63.9 cm³/mol. The zero-order valence-corrected chi connectivity index (χ0v) is 10.5. The van der Waals surface area contributed by atoms with Crippen molar-refractivity contribution >= 4 is 11.7 Å². The molecule has 0 bridgehead atoms. The maximum absolute atomic E-state index is 12.3. The summed E-state index contributed by atoms with van der Waals surface area (Å²) in [6.45, 7) is 0. The number of anilines is 1. The fourth-order valence-electron chi connectivity index (χ4n) is 1.63. The second-order valence-corrected chi connectivity index (χ2v) is 4.62. The van der Waals surface area contributed by atoms with Gasteiger partial charge in [0.25, 0.3) is 0 Å². The Morgan fingerprint density at radius 2 is 2.10 bits per heavy atom. The van der Waals surface area contributed by atoms with Crippen LogP contribution in [0.4, 0.5) is 19.0 Å². The van der Waals surface area contributed by atoms with Gasteiger partial charge in [-0.2, -0.15) is 18.2 Å². The molecule has 0 aliphatic heterocycles. The summed E-state index contributed by atoms with van der Waals surface area (Å²) in [7, 11) is 0. The first kappa shape index (κ1) is 13.5. The molecule has 3 rings (SSSR count). The van der Waals surface area contributed by atoms with E-state index in [1.54, 1.807) is 0 Å². The molecule has 0 unspecified atom stereocenters. The smallest absolute Gasteiger partial charge is 0.329 e. The largest absolute Gasteiger partial charge is 0.471 e. The molecule has 1 amide bonds. The van der Waals surface area contributed by atoms with Crippen LogP contribution in [0.3, 0.4) is 0 Å². The fraction of sp³-hybridized carbons (Fsp3) is 0.333. The van der Waals surface area contributed by atoms with Crippen LogP contribution in [0.1, 0.15) is 18.7 Å². The minimum Gasteiger partial charge on any atom is -0.329 e. The van der Waals surface area contributed by atoms with Crippen LogP contribution in [0.5, 0.6) is 0 Å². The lowest BCUT2D eigenvalue weighted by Crippen LogP contribution is -2.14. The third-order valence-corrected chi connectivity index (χ3v) is 2.89. The maximum Gasteiger partial charge on any atom is 0.471 e. The van der Waals surface area contributed by atoms with E-state index in [0.717, 1.165) is 12.8 Å². The van der Waals surface area contributed by atoms with Crippen molar-refractivity contribution in [2.45, 2.75) is 19.0 Å². The van der Waals surface area contributed by atoms with Crippen LogP contribution in [-0.4, -0.2) is 21.0 Å². The molecule has 1 saturated carbocycles. The van der Waals surface area contributed by atoms with Crippen LogP contribution in [-0.2, 0) is 11.0 Å². The lowest BCUT2D eigenvalue weighted by Gasteiger charge is -2.03. The second-order valence-electron chi connectivity index (χ2n) is 4.62. The number of alkyl halides is 3. The minimum atomic E-state index is -4.68. The highest BCUT2D eigenvalue weighted by atomic mass is 19.4. The van der Waals surface area contributed by atoms with Crippen LogP contribution in [0.25, 0.3) is 11.4 Å². The van der Waals surface area contributed by atoms with Crippen molar-refractivity contribution in [2.24, 2.45) is 5.92 Å². The first-order valence-corrected chi connectivity index (χ1v) is 6.11. The van der Waals surface area contributed by atoms with Crippen LogP contribution < -0.4 is 5.32 Å². The summed E-state index contributed by atoms with van der Waals surface area (Å²) in [5.74, 6) is -1.36. The molecular weight excluding hydrogens is 289 g/mol. The molecule has 2 aromatic heterocycles. The number of nitrogens with zero attached hydrogens (tertiary/aromatic N) is 3. The molecule has 0 saturated heterocycles. The Morgan fingerprint density at radius 3 is 2.62 bits per heavy atom. The van der Waals surface area contributed by atoms with E-state index in [0.29, 0.717) is 5.82 Å². The summed E-state index contributed by atoms with van der Waals surface area (Å²) in [4.78, 5) is 18.7. The van der Waals surface area contributed by atoms with E-state index < -0.39 is 12.1 Å². The summed E-state index contributed by atoms with van der Waals surface area (Å²) in [6, 6.07) is 2.93. The van der Waals surface area contributed by atoms with Crippen molar-refractivity contribution in [1.82, 2.24) is 15.1 Å². The van der Waals surface area contributed by atoms with Crippen LogP contribution >= 0.6 is 0 Å². The van der Waals surface area contributed by atoms with Crippen LogP contribution in [0, 0.1) is 5.92 Å². The molecule has 1 N–H and O–H groups in total. The zero-order valence-electron chi connectivity index (χ0n) is 10.5. The van der Waals surface area contributed by atoms with Crippen molar-refractivity contribution in [3.63, 3.8) is 0 Å². The lowest BCUT2D eigenvalue weighted by atomic mass is 10.2. The number of aromatic nitrogens is 3. The number of carbonyl (C=O) groups is 1. The number of amides is 1. The van der Waals surface area contributed by atoms with Crippen molar-refractivity contribution in [3.8, 4) is 11.4 Å². The molecule has 21 heavy (non-hydrogen) atoms. The molecule has 0 aromatic carbocycles. The predicted octanol–water partition coefficient (Wildman–Crippen LogP) is 2.50. The van der Waals surface area contributed by atoms with Gasteiger partial charge in [0.1, 0.15) is 5.82 Å². The molecule has 1 aliphatic carbocycles. The SMILES string of the molecule is O=C(Nc1ccc(-c2noc(C(F)(F)F)n2)cn1)C1CC1. The summed E-state index contributed by atoms with van der Waals surface area (Å²) >= 11 is 0. The summed E-state index contributed by atoms with van der Waals surface area (Å²) in [5, 5.41) is 5.87. The van der Waals surface area contributed by atoms with Gasteiger partial charge in [-0.1, -0.05) is 5.16 Å². The number of pyridine rings is 1. The van der Waals surface area contributed by atoms with Gasteiger partial charge in [-0.15, -0.1) is 0 Å². The molecule has 9 heteroatoms. The summed E-state index contributed by atoms with van der Waals surface area (Å²) in [6.07, 6.45) is -1.68. The van der Waals surface area contributed by atoms with Gasteiger partial charge in [-0.05, 0) is 25.0 Å². The Morgan fingerprint density at radius 1 is 1.33 bits per heavy atom. The molecule has 0 spiro atoms. The first-order chi connectivity index (χ1) is 9.93. The van der Waals surface area contributed by atoms with E-state index in [-0.39, 0.29) is 23.2 Å². The van der Waals surface area contributed by atoms with Crippen LogP contribution in [0.15, 0.2) is 22.9 Å². The van der Waals surface area contributed by atoms with Gasteiger partial charge in [0.05, 0.1) is 0 Å². The van der Waals surface area contributed by atoms with E-state index in [2.05, 4.69) is 25.0 Å². The molecule has 0 radical (unpaired) electrons. The fourth-order valence-corrected chi connectivity index (χ4v) is 1.63. The van der Waals surface area contributed by atoms with Gasteiger partial charge in [0.15, 0.2) is 0 Å². The van der Waals surface area contributed by atoms with E-state index >= 15 is 0 Å². The molecule has 1 fully saturated rings. The van der Waals surface area contributed by atoms with Crippen molar-refractivity contribution in [3.05, 3.63) is 24.2 Å². The molecular formula is C12H9F3N4O2. The van der Waals surface area contributed by atoms with E-state index in [1.807, 2.05) is 0 Å². The summed E-state index contributed by atoms with van der Waals surface area (Å²) in [5.41, 5.74) is 0.263. The number of hydrogen-bond acceptors (Lipinski definition) is 5. The van der Waals surface area contributed by atoms with Crippen molar-refractivity contribution in [2.75, 3.05) is 5.32 Å². The standard InChI is InChI=1S/C12H9F3N4O2/c13-12(14,15)11-18-9(19-21-11)7-3-4-8(16-5-7)17-10(20)6-1-2-6/h3-6H,1-2H2,(H,16,17,20). The average Bonchev–Trinajstić information content (AvgIpc) is 3.15. The number of hydrogen-bond donors (Lipinski definition) is 1. The number of carbonyl (C=O) groups excluding carboxylic acids is 1. The van der Waals surface area contributed by atoms with Gasteiger partial charge < -0.3 is 9.84 Å². The van der Waals surface area contributed by atoms with Gasteiger partial charge >= 0.3 is 12.1 Å². The average molecular weight is 298 g/mol. The zero-order chi connectivity index (χ0) is 15.0. The molecule has 6 nitrogen and oxygen atoms in total. The molecule has 110 valence electrons. The Kier molecular flexibility index (Phi) is 3.11. The summed E-state index contributed by atoms with van der Waals surface area (Å²) < 4.78 is 41.2. The van der Waals surface area contributed by atoms with Crippen molar-refractivity contribution in [1.29, 1.82) is 0 Å². The van der Waals surface area contributed by atoms with Gasteiger partial charge in [-0.25, -0.2) is 4.98 Å². The Labute approximate surface area is 116 Å². The van der Waals surface area contributed by atoms with Gasteiger partial charge in [-0.3, -0.25) is 4.79 Å². The normalized spacial score (nSPS) is 15.0. The van der Waals surface area contributed by atoms with Crippen LogP contribution in [0.2, 0.25) is 0 Å².